The maximum atomic E-state index is 13.0. The van der Waals surface area contributed by atoms with Gasteiger partial charge in [0.2, 0.25) is 0 Å². The van der Waals surface area contributed by atoms with E-state index in [0.29, 0.717) is 40.8 Å². The van der Waals surface area contributed by atoms with Crippen LogP contribution in [0.1, 0.15) is 58.8 Å². The Bertz CT molecular complexity index is 954. The standard InChI is InChI=1S/C19H26N4O5S/c1-5-27-17(25)14-10(2)15(20-11(14)3)16(24)12(4)29-19-22-21-18(26)23(19)9-13-7-6-8-28-13/h12-13,20H,5-9H2,1-4H3,(H,21,26)/t12-,13-/m0/s1. The number of aromatic nitrogens is 4. The topological polar surface area (TPSA) is 119 Å². The Morgan fingerprint density at radius 3 is 2.83 bits per heavy atom. The largest absolute Gasteiger partial charge is 0.462 e. The number of ketones is 1. The number of H-pyrrole nitrogens is 2. The van der Waals surface area contributed by atoms with Crippen molar-refractivity contribution in [3.8, 4) is 0 Å². The van der Waals surface area contributed by atoms with Gasteiger partial charge in [-0.1, -0.05) is 11.8 Å². The van der Waals surface area contributed by atoms with E-state index in [1.807, 2.05) is 0 Å². The quantitative estimate of drug-likeness (QED) is 0.380. The fourth-order valence-electron chi connectivity index (χ4n) is 3.47. The van der Waals surface area contributed by atoms with Crippen LogP contribution in [0.5, 0.6) is 0 Å². The molecule has 1 saturated heterocycles. The van der Waals surface area contributed by atoms with E-state index in [0.717, 1.165) is 12.8 Å². The van der Waals surface area contributed by atoms with Gasteiger partial charge < -0.3 is 14.5 Å². The van der Waals surface area contributed by atoms with Crippen LogP contribution in [-0.2, 0) is 16.0 Å². The zero-order chi connectivity index (χ0) is 21.1. The molecule has 3 rings (SSSR count). The van der Waals surface area contributed by atoms with Gasteiger partial charge in [0.05, 0.1) is 35.8 Å². The summed E-state index contributed by atoms with van der Waals surface area (Å²) in [6.07, 6.45) is 1.85. The third-order valence-electron chi connectivity index (χ3n) is 4.95. The molecule has 0 radical (unpaired) electrons. The van der Waals surface area contributed by atoms with Gasteiger partial charge in [-0.3, -0.25) is 9.36 Å². The SMILES string of the molecule is CCOC(=O)c1c(C)[nH]c(C(=O)[C@H](C)Sc2n[nH]c(=O)n2C[C@@H]2CCCO2)c1C. The number of hydrogen-bond donors (Lipinski definition) is 2. The van der Waals surface area contributed by atoms with Crippen LogP contribution < -0.4 is 5.69 Å². The third-order valence-corrected chi connectivity index (χ3v) is 6.04. The van der Waals surface area contributed by atoms with E-state index in [2.05, 4.69) is 15.2 Å². The number of hydrogen-bond acceptors (Lipinski definition) is 7. The molecule has 2 aromatic heterocycles. The van der Waals surface area contributed by atoms with Crippen LogP contribution >= 0.6 is 11.8 Å². The molecule has 1 aliphatic rings. The second-order valence-electron chi connectivity index (χ2n) is 7.03. The van der Waals surface area contributed by atoms with E-state index in [1.165, 1.54) is 16.3 Å². The minimum atomic E-state index is -0.514. The number of rotatable bonds is 8. The molecular formula is C19H26N4O5S. The molecule has 1 fully saturated rings. The van der Waals surface area contributed by atoms with E-state index in [9.17, 15) is 14.4 Å². The van der Waals surface area contributed by atoms with Gasteiger partial charge >= 0.3 is 11.7 Å². The number of thioether (sulfide) groups is 1. The van der Waals surface area contributed by atoms with Crippen LogP contribution in [-0.4, -0.2) is 56.1 Å². The number of aromatic amines is 2. The van der Waals surface area contributed by atoms with E-state index in [-0.39, 0.29) is 24.2 Å². The van der Waals surface area contributed by atoms with Crippen molar-refractivity contribution in [2.24, 2.45) is 0 Å². The minimum absolute atomic E-state index is 0.0175. The number of carbonyl (C=O) groups is 2. The Morgan fingerprint density at radius 2 is 2.17 bits per heavy atom. The van der Waals surface area contributed by atoms with Crippen molar-refractivity contribution in [2.45, 2.75) is 63.6 Å². The smallest absolute Gasteiger partial charge is 0.344 e. The van der Waals surface area contributed by atoms with Crippen LogP contribution in [0.3, 0.4) is 0 Å². The summed E-state index contributed by atoms with van der Waals surface area (Å²) in [6.45, 7) is 8.32. The van der Waals surface area contributed by atoms with Crippen molar-refractivity contribution in [3.05, 3.63) is 33.0 Å². The predicted molar refractivity (Wildman–Crippen MR) is 108 cm³/mol. The summed E-state index contributed by atoms with van der Waals surface area (Å²) in [7, 11) is 0. The average Bonchev–Trinajstić information content (AvgIpc) is 3.38. The Labute approximate surface area is 172 Å². The number of aryl methyl sites for hydroxylation is 1. The van der Waals surface area contributed by atoms with Gasteiger partial charge in [0.1, 0.15) is 0 Å². The van der Waals surface area contributed by atoms with E-state index >= 15 is 0 Å². The van der Waals surface area contributed by atoms with Crippen molar-refractivity contribution in [1.29, 1.82) is 0 Å². The van der Waals surface area contributed by atoms with Crippen LogP contribution in [0, 0.1) is 13.8 Å². The molecule has 0 unspecified atom stereocenters. The first-order chi connectivity index (χ1) is 13.8. The molecule has 29 heavy (non-hydrogen) atoms. The maximum absolute atomic E-state index is 13.0. The second kappa shape index (κ2) is 9.00. The molecule has 0 saturated carbocycles. The summed E-state index contributed by atoms with van der Waals surface area (Å²) >= 11 is 1.20. The molecule has 158 valence electrons. The number of esters is 1. The van der Waals surface area contributed by atoms with Gasteiger partial charge in [0.25, 0.3) is 0 Å². The first kappa shape index (κ1) is 21.4. The first-order valence-electron chi connectivity index (χ1n) is 9.67. The Hall–Kier alpha value is -2.33. The highest BCUT2D eigenvalue weighted by atomic mass is 32.2. The summed E-state index contributed by atoms with van der Waals surface area (Å²) < 4.78 is 12.2. The van der Waals surface area contributed by atoms with E-state index < -0.39 is 11.2 Å². The molecule has 9 nitrogen and oxygen atoms in total. The number of carbonyl (C=O) groups excluding carboxylic acids is 2. The van der Waals surface area contributed by atoms with Crippen LogP contribution in [0.15, 0.2) is 9.95 Å². The lowest BCUT2D eigenvalue weighted by atomic mass is 10.1. The lowest BCUT2D eigenvalue weighted by Gasteiger charge is -2.13. The summed E-state index contributed by atoms with van der Waals surface area (Å²) in [4.78, 5) is 40.3. The van der Waals surface area contributed by atoms with Gasteiger partial charge in [-0.05, 0) is 46.1 Å². The van der Waals surface area contributed by atoms with Crippen molar-refractivity contribution in [1.82, 2.24) is 19.7 Å². The number of nitrogens with zero attached hydrogens (tertiary/aromatic N) is 2. The highest BCUT2D eigenvalue weighted by molar-refractivity contribution is 8.00. The van der Waals surface area contributed by atoms with Gasteiger partial charge in [0.15, 0.2) is 10.9 Å². The van der Waals surface area contributed by atoms with Crippen molar-refractivity contribution >= 4 is 23.5 Å². The molecule has 1 aliphatic heterocycles. The average molecular weight is 423 g/mol. The van der Waals surface area contributed by atoms with Crippen LogP contribution in [0.25, 0.3) is 0 Å². The zero-order valence-electron chi connectivity index (χ0n) is 17.0. The zero-order valence-corrected chi connectivity index (χ0v) is 17.9. The summed E-state index contributed by atoms with van der Waals surface area (Å²) in [5.74, 6) is -0.624. The fourth-order valence-corrected chi connectivity index (χ4v) is 4.39. The molecule has 0 aromatic carbocycles. The van der Waals surface area contributed by atoms with Gasteiger partial charge in [-0.15, -0.1) is 5.10 Å². The predicted octanol–water partition coefficient (Wildman–Crippen LogP) is 2.24. The van der Waals surface area contributed by atoms with Crippen molar-refractivity contribution < 1.29 is 19.1 Å². The lowest BCUT2D eigenvalue weighted by Crippen LogP contribution is -2.25. The van der Waals surface area contributed by atoms with E-state index in [1.54, 1.807) is 27.7 Å². The van der Waals surface area contributed by atoms with Gasteiger partial charge in [-0.2, -0.15) is 0 Å². The molecule has 0 aliphatic carbocycles. The Morgan fingerprint density at radius 1 is 1.41 bits per heavy atom. The number of ether oxygens (including phenoxy) is 2. The maximum Gasteiger partial charge on any atom is 0.344 e. The molecular weight excluding hydrogens is 396 g/mol. The van der Waals surface area contributed by atoms with Crippen LogP contribution in [0.2, 0.25) is 0 Å². The molecule has 2 aromatic rings. The van der Waals surface area contributed by atoms with Gasteiger partial charge in [-0.25, -0.2) is 14.7 Å². The highest BCUT2D eigenvalue weighted by Gasteiger charge is 2.28. The van der Waals surface area contributed by atoms with Crippen LogP contribution in [0.4, 0.5) is 0 Å². The summed E-state index contributed by atoms with van der Waals surface area (Å²) in [5, 5.41) is 6.45. The van der Waals surface area contributed by atoms with Gasteiger partial charge in [0, 0.05) is 12.3 Å². The number of Topliss-reactive ketones (excluding diaryl/α,β-unsaturated/α-hetero) is 1. The minimum Gasteiger partial charge on any atom is -0.462 e. The molecule has 0 spiro atoms. The normalized spacial score (nSPS) is 17.4. The molecule has 0 bridgehead atoms. The Kier molecular flexibility index (Phi) is 6.63. The van der Waals surface area contributed by atoms with Crippen molar-refractivity contribution in [3.63, 3.8) is 0 Å². The fraction of sp³-hybridized carbons (Fsp3) is 0.579. The molecule has 2 atom stereocenters. The lowest BCUT2D eigenvalue weighted by molar-refractivity contribution is 0.0525. The second-order valence-corrected chi connectivity index (χ2v) is 8.33. The van der Waals surface area contributed by atoms with Crippen molar-refractivity contribution in [2.75, 3.05) is 13.2 Å². The Balaban J connectivity index is 1.77. The first-order valence-corrected chi connectivity index (χ1v) is 10.5. The number of nitrogens with one attached hydrogen (secondary N) is 2. The summed E-state index contributed by atoms with van der Waals surface area (Å²) in [6, 6.07) is 0. The molecule has 3 heterocycles. The summed E-state index contributed by atoms with van der Waals surface area (Å²) in [5.41, 5.74) is 1.60. The third kappa shape index (κ3) is 4.48. The molecule has 0 amide bonds. The monoisotopic (exact) mass is 422 g/mol. The molecule has 10 heteroatoms. The highest BCUT2D eigenvalue weighted by Crippen LogP contribution is 2.27. The molecule has 2 N–H and O–H groups in total. The van der Waals surface area contributed by atoms with E-state index in [4.69, 9.17) is 9.47 Å².